The number of amides is 2. The third-order valence-corrected chi connectivity index (χ3v) is 21.0. The van der Waals surface area contributed by atoms with Gasteiger partial charge < -0.3 is 10.2 Å². The van der Waals surface area contributed by atoms with Crippen LogP contribution in [-0.2, 0) is 72.6 Å². The van der Waals surface area contributed by atoms with Gasteiger partial charge in [-0.15, -0.1) is 10.2 Å². The van der Waals surface area contributed by atoms with Crippen molar-refractivity contribution in [3.8, 4) is 0 Å². The van der Waals surface area contributed by atoms with Crippen molar-refractivity contribution < 1.29 is 69.9 Å². The summed E-state index contributed by atoms with van der Waals surface area (Å²) in [6.07, 6.45) is 10.1. The fraction of sp³-hybridized carbons (Fsp3) is 0.315. The molecule has 1 aromatic heterocycles. The molecule has 29 heteroatoms. The fourth-order valence-electron chi connectivity index (χ4n) is 10.6. The molecule has 2 aliphatic heterocycles. The summed E-state index contributed by atoms with van der Waals surface area (Å²) < 4.78 is 158. The fourth-order valence-corrected chi connectivity index (χ4v) is 15.2. The Labute approximate surface area is 485 Å². The maximum atomic E-state index is 14.4. The van der Waals surface area contributed by atoms with E-state index in [4.69, 9.17) is 5.14 Å². The molecule has 6 aromatic rings. The molecule has 5 aromatic carbocycles. The molecule has 0 saturated carbocycles. The Hall–Kier alpha value is -6.64. The highest BCUT2D eigenvalue weighted by Gasteiger charge is 2.46. The number of benzene rings is 5. The van der Waals surface area contributed by atoms with Gasteiger partial charge >= 0.3 is 0 Å². The predicted octanol–water partition coefficient (Wildman–Crippen LogP) is 6.81. The maximum Gasteiger partial charge on any atom is 0.295 e. The molecule has 0 atom stereocenters. The number of sulfonamides is 2. The number of aromatic nitrogens is 2. The van der Waals surface area contributed by atoms with E-state index in [-0.39, 0.29) is 71.2 Å². The van der Waals surface area contributed by atoms with Gasteiger partial charge in [-0.25, -0.2) is 26.3 Å². The van der Waals surface area contributed by atoms with Crippen molar-refractivity contribution in [2.75, 3.05) is 42.7 Å². The van der Waals surface area contributed by atoms with Gasteiger partial charge in [-0.1, -0.05) is 80.7 Å². The van der Waals surface area contributed by atoms with Gasteiger partial charge in [0.25, 0.3) is 46.3 Å². The van der Waals surface area contributed by atoms with Crippen LogP contribution in [0.25, 0.3) is 21.5 Å². The number of nitrogens with two attached hydrogens (primary N) is 1. The molecule has 442 valence electrons. The number of allylic oxidation sites excluding steroid dienone is 6. The molecule has 2 aliphatic rings. The number of hydrogen-bond acceptors (Lipinski definition) is 16. The van der Waals surface area contributed by atoms with E-state index in [1.54, 1.807) is 54.6 Å². The first-order valence-electron chi connectivity index (χ1n) is 25.7. The van der Waals surface area contributed by atoms with Crippen LogP contribution in [0.2, 0.25) is 0 Å². The number of nitrogens with one attached hydrogen (secondary N) is 2. The van der Waals surface area contributed by atoms with Gasteiger partial charge in [0.2, 0.25) is 31.1 Å². The van der Waals surface area contributed by atoms with Crippen molar-refractivity contribution >= 4 is 117 Å². The Morgan fingerprint density at radius 3 is 2.10 bits per heavy atom. The minimum Gasteiger partial charge on any atom is -0.352 e. The molecule has 0 unspecified atom stereocenters. The van der Waals surface area contributed by atoms with Crippen LogP contribution in [0.4, 0.5) is 16.5 Å². The number of carbonyl (C=O) groups is 2. The third-order valence-electron chi connectivity index (χ3n) is 14.4. The molecule has 0 aliphatic carbocycles. The van der Waals surface area contributed by atoms with Gasteiger partial charge in [-0.3, -0.25) is 28.6 Å². The van der Waals surface area contributed by atoms with Crippen molar-refractivity contribution in [3.63, 3.8) is 0 Å². The Morgan fingerprint density at radius 2 is 1.46 bits per heavy atom. The van der Waals surface area contributed by atoms with E-state index < -0.39 is 87.0 Å². The summed E-state index contributed by atoms with van der Waals surface area (Å²) >= 11 is 0.598. The maximum absolute atomic E-state index is 14.4. The molecule has 3 heterocycles. The predicted molar refractivity (Wildman–Crippen MR) is 315 cm³/mol. The summed E-state index contributed by atoms with van der Waals surface area (Å²) in [5, 5.41) is 18.7. The van der Waals surface area contributed by atoms with Crippen LogP contribution in [0.3, 0.4) is 0 Å². The van der Waals surface area contributed by atoms with Crippen molar-refractivity contribution in [2.24, 2.45) is 5.14 Å². The average molecular weight is 1250 g/mol. The third kappa shape index (κ3) is 13.2. The Morgan fingerprint density at radius 1 is 0.771 bits per heavy atom. The van der Waals surface area contributed by atoms with E-state index in [2.05, 4.69) is 20.8 Å². The van der Waals surface area contributed by atoms with Gasteiger partial charge in [-0.2, -0.15) is 29.8 Å². The molecule has 83 heavy (non-hydrogen) atoms. The van der Waals surface area contributed by atoms with Crippen LogP contribution in [-0.4, -0.2) is 125 Å². The quantitative estimate of drug-likeness (QED) is 0.0176. The lowest BCUT2D eigenvalue weighted by Crippen LogP contribution is -2.30. The number of primary sulfonamides is 1. The summed E-state index contributed by atoms with van der Waals surface area (Å²) in [7, 11) is -20.9. The standard InChI is InChI=1S/C54H60N8O15S6/c1-7-27-61-42-26-24-38-40(31-36(82(72,73)74)32-44(38)83(75,76)77)49(42)54(4,5)45(61)16-9-8-10-17-46-53(2,3)48-39-14-11-15-43(37(39)23-25-41(48)62(46)29-13-30-79(65,66)67)81(70,71)60(6)28-12-18-47(63)56-33-34-19-21-35(22-20-34)50(64)57-51-58-59-52(78-51)80(55,68)69/h8-11,14-17,19-26,31-32H,7,12-13,18,27-30,33H2,1-6H3,(H6-,55,56,57,58,63,64,65,66,67,68,69,72,73,74,75,76,77)/p+1. The monoisotopic (exact) mass is 1250 g/mol. The van der Waals surface area contributed by atoms with Crippen LogP contribution in [0, 0.1) is 0 Å². The molecule has 2 amide bonds. The molecule has 23 nitrogen and oxygen atoms in total. The topological polar surface area (TPSA) is 351 Å². The molecular weight excluding hydrogens is 1190 g/mol. The lowest BCUT2D eigenvalue weighted by Gasteiger charge is -2.27. The van der Waals surface area contributed by atoms with Gasteiger partial charge in [0.15, 0.2) is 5.71 Å². The SMILES string of the molecule is CCC[N+]1=C(C=CC=CC=C2N(CCCS(=O)(=O)O)c3ccc4c(S(=O)(=O)N(C)CCCC(=O)NCc5ccc(C(=O)Nc6nnc(S(N)(=O)=O)s6)cc5)cccc4c3C2(C)C)C(C)(C)c2c1ccc1c(S(=O)(=O)O)cc(S(=O)(=O)O)cc21. The summed E-state index contributed by atoms with van der Waals surface area (Å²) in [5.41, 5.74) is 3.46. The minimum absolute atomic E-state index is 0.00153. The molecule has 0 bridgehead atoms. The van der Waals surface area contributed by atoms with Crippen molar-refractivity contribution in [2.45, 2.75) is 96.7 Å². The van der Waals surface area contributed by atoms with Crippen LogP contribution >= 0.6 is 11.3 Å². The molecular formula is C54H61N8O15S6+. The Bertz CT molecular complexity index is 4350. The smallest absolute Gasteiger partial charge is 0.295 e. The molecule has 0 saturated heterocycles. The van der Waals surface area contributed by atoms with Gasteiger partial charge in [-0.05, 0) is 97.1 Å². The van der Waals surface area contributed by atoms with Crippen LogP contribution in [0.1, 0.15) is 87.4 Å². The zero-order valence-electron chi connectivity index (χ0n) is 45.8. The van der Waals surface area contributed by atoms with Crippen molar-refractivity contribution in [1.29, 1.82) is 0 Å². The highest BCUT2D eigenvalue weighted by Crippen LogP contribution is 2.52. The first-order valence-corrected chi connectivity index (χ1v) is 34.0. The van der Waals surface area contributed by atoms with Crippen LogP contribution in [0.15, 0.2) is 134 Å². The second-order valence-corrected chi connectivity index (χ2v) is 30.0. The molecule has 0 radical (unpaired) electrons. The van der Waals surface area contributed by atoms with E-state index in [1.165, 1.54) is 41.7 Å². The zero-order chi connectivity index (χ0) is 60.8. The first kappa shape index (κ1) is 62.4. The van der Waals surface area contributed by atoms with Crippen LogP contribution in [0.5, 0.6) is 0 Å². The Balaban J connectivity index is 0.992. The van der Waals surface area contributed by atoms with Gasteiger partial charge in [0.1, 0.15) is 11.4 Å². The summed E-state index contributed by atoms with van der Waals surface area (Å²) in [6.45, 7) is 10.5. The van der Waals surface area contributed by atoms with Crippen molar-refractivity contribution in [1.82, 2.24) is 19.8 Å². The molecule has 7 N–H and O–H groups in total. The second kappa shape index (κ2) is 23.4. The second-order valence-electron chi connectivity index (χ2n) is 20.9. The highest BCUT2D eigenvalue weighted by molar-refractivity contribution is 7.91. The average Bonchev–Trinajstić information content (AvgIpc) is 3.36. The molecule has 8 rings (SSSR count). The van der Waals surface area contributed by atoms with E-state index >= 15 is 0 Å². The number of anilines is 2. The summed E-state index contributed by atoms with van der Waals surface area (Å²) in [6, 6.07) is 19.9. The van der Waals surface area contributed by atoms with Crippen LogP contribution < -0.4 is 20.7 Å². The first-order chi connectivity index (χ1) is 38.7. The molecule has 0 fully saturated rings. The summed E-state index contributed by atoms with van der Waals surface area (Å²) in [4.78, 5) is 26.2. The zero-order valence-corrected chi connectivity index (χ0v) is 50.7. The van der Waals surface area contributed by atoms with E-state index in [0.717, 1.165) is 23.0 Å². The number of nitrogens with zero attached hydrogens (tertiary/aromatic N) is 5. The molecule has 0 spiro atoms. The normalized spacial score (nSPS) is 16.0. The number of hydrogen-bond donors (Lipinski definition) is 6. The van der Waals surface area contributed by atoms with E-state index in [0.29, 0.717) is 57.6 Å². The van der Waals surface area contributed by atoms with Crippen molar-refractivity contribution in [3.05, 3.63) is 137 Å². The largest absolute Gasteiger partial charge is 0.352 e. The number of carbonyl (C=O) groups excluding carboxylic acids is 2. The Kier molecular flexibility index (Phi) is 17.6. The highest BCUT2D eigenvalue weighted by atomic mass is 32.2. The summed E-state index contributed by atoms with van der Waals surface area (Å²) in [5.74, 6) is -1.42. The minimum atomic E-state index is -4.94. The lowest BCUT2D eigenvalue weighted by molar-refractivity contribution is -0.437. The van der Waals surface area contributed by atoms with Gasteiger partial charge in [0.05, 0.1) is 21.0 Å². The van der Waals surface area contributed by atoms with Gasteiger partial charge in [0, 0.05) is 90.4 Å². The number of fused-ring (bicyclic) bond motifs is 6. The lowest BCUT2D eigenvalue weighted by atomic mass is 9.79. The van der Waals surface area contributed by atoms with E-state index in [9.17, 15) is 65.3 Å². The van der Waals surface area contributed by atoms with E-state index in [1.807, 2.05) is 62.3 Å². The number of rotatable bonds is 22.